The molecule has 33 heavy (non-hydrogen) atoms. The second kappa shape index (κ2) is 10.5. The number of halogens is 5. The van der Waals surface area contributed by atoms with Crippen LogP contribution in [0, 0.1) is 13.8 Å². The number of carbonyl (C=O) groups is 1. The monoisotopic (exact) mass is 499 g/mol. The SMILES string of the molecule is Cc1ccc(Cl)c(OCc2ccc(C(=O)NCCCn3nc(C(F)(F)F)c(Cl)c3C)cc2)c1. The number of benzene rings is 2. The molecule has 2 aromatic carbocycles. The number of aryl methyl sites for hydroxylation is 2. The molecule has 0 aliphatic rings. The maximum atomic E-state index is 12.9. The second-order valence-corrected chi connectivity index (χ2v) is 8.28. The average Bonchev–Trinajstić information content (AvgIpc) is 3.06. The Hall–Kier alpha value is -2.71. The Morgan fingerprint density at radius 2 is 1.82 bits per heavy atom. The van der Waals surface area contributed by atoms with Gasteiger partial charge >= 0.3 is 6.18 Å². The van der Waals surface area contributed by atoms with Gasteiger partial charge in [0, 0.05) is 18.7 Å². The molecule has 0 saturated carbocycles. The molecule has 3 rings (SSSR count). The van der Waals surface area contributed by atoms with Gasteiger partial charge < -0.3 is 10.1 Å². The minimum atomic E-state index is -4.61. The van der Waals surface area contributed by atoms with E-state index < -0.39 is 16.9 Å². The van der Waals surface area contributed by atoms with Crippen LogP contribution in [0.1, 0.15) is 39.3 Å². The fourth-order valence-electron chi connectivity index (χ4n) is 3.09. The summed E-state index contributed by atoms with van der Waals surface area (Å²) in [6, 6.07) is 12.5. The standard InChI is InChI=1S/C23H22Cl2F3N3O2/c1-14-4-9-18(24)19(12-14)33-13-16-5-7-17(8-6-16)22(32)29-10-3-11-31-15(2)20(25)21(30-31)23(26,27)28/h4-9,12H,3,10-11,13H2,1-2H3,(H,29,32). The van der Waals surface area contributed by atoms with Crippen molar-refractivity contribution < 1.29 is 22.7 Å². The van der Waals surface area contributed by atoms with Crippen molar-refractivity contribution in [2.45, 2.75) is 39.6 Å². The van der Waals surface area contributed by atoms with Crippen LogP contribution in [-0.2, 0) is 19.3 Å². The van der Waals surface area contributed by atoms with Crippen molar-refractivity contribution in [2.24, 2.45) is 0 Å². The number of rotatable bonds is 8. The van der Waals surface area contributed by atoms with Crippen LogP contribution in [0.3, 0.4) is 0 Å². The van der Waals surface area contributed by atoms with Gasteiger partial charge in [0.15, 0.2) is 5.69 Å². The number of nitrogens with zero attached hydrogens (tertiary/aromatic N) is 2. The third-order valence-corrected chi connectivity index (χ3v) is 5.70. The summed E-state index contributed by atoms with van der Waals surface area (Å²) >= 11 is 11.9. The highest BCUT2D eigenvalue weighted by Gasteiger charge is 2.38. The molecule has 5 nitrogen and oxygen atoms in total. The summed E-state index contributed by atoms with van der Waals surface area (Å²) in [6.45, 7) is 4.19. The fourth-order valence-corrected chi connectivity index (χ4v) is 3.51. The quantitative estimate of drug-likeness (QED) is 0.374. The van der Waals surface area contributed by atoms with Gasteiger partial charge in [-0.15, -0.1) is 0 Å². The van der Waals surface area contributed by atoms with Gasteiger partial charge in [-0.3, -0.25) is 9.48 Å². The van der Waals surface area contributed by atoms with E-state index in [-0.39, 0.29) is 24.7 Å². The minimum absolute atomic E-state index is 0.194. The summed E-state index contributed by atoms with van der Waals surface area (Å²) in [5, 5.41) is 6.41. The smallest absolute Gasteiger partial charge is 0.436 e. The van der Waals surface area contributed by atoms with E-state index in [0.29, 0.717) is 29.4 Å². The third-order valence-electron chi connectivity index (χ3n) is 4.93. The molecule has 0 aliphatic carbocycles. The normalized spacial score (nSPS) is 11.5. The van der Waals surface area contributed by atoms with E-state index in [0.717, 1.165) is 11.1 Å². The Labute approximate surface area is 199 Å². The molecule has 0 radical (unpaired) electrons. The molecule has 1 aromatic heterocycles. The first kappa shape index (κ1) is 24.9. The number of carbonyl (C=O) groups excluding carboxylic acids is 1. The topological polar surface area (TPSA) is 56.1 Å². The largest absolute Gasteiger partial charge is 0.487 e. The molecule has 1 heterocycles. The van der Waals surface area contributed by atoms with Crippen molar-refractivity contribution in [3.05, 3.63) is 80.6 Å². The van der Waals surface area contributed by atoms with Crippen LogP contribution in [0.25, 0.3) is 0 Å². The lowest BCUT2D eigenvalue weighted by atomic mass is 10.1. The zero-order valence-corrected chi connectivity index (χ0v) is 19.5. The fraction of sp³-hybridized carbons (Fsp3) is 0.304. The second-order valence-electron chi connectivity index (χ2n) is 7.50. The first-order chi connectivity index (χ1) is 15.6. The van der Waals surface area contributed by atoms with Crippen molar-refractivity contribution in [1.82, 2.24) is 15.1 Å². The maximum Gasteiger partial charge on any atom is 0.436 e. The van der Waals surface area contributed by atoms with E-state index in [1.807, 2.05) is 19.1 Å². The van der Waals surface area contributed by atoms with Gasteiger partial charge in [0.25, 0.3) is 5.91 Å². The van der Waals surface area contributed by atoms with E-state index in [4.69, 9.17) is 27.9 Å². The van der Waals surface area contributed by atoms with Crippen molar-refractivity contribution in [3.8, 4) is 5.75 Å². The van der Waals surface area contributed by atoms with Gasteiger partial charge in [0.1, 0.15) is 12.4 Å². The number of amides is 1. The van der Waals surface area contributed by atoms with Crippen LogP contribution >= 0.6 is 23.2 Å². The lowest BCUT2D eigenvalue weighted by Gasteiger charge is -2.10. The highest BCUT2D eigenvalue weighted by Crippen LogP contribution is 2.35. The molecule has 0 unspecified atom stereocenters. The molecule has 0 aliphatic heterocycles. The van der Waals surface area contributed by atoms with Crippen molar-refractivity contribution >= 4 is 29.1 Å². The molecule has 0 atom stereocenters. The van der Waals surface area contributed by atoms with Crippen LogP contribution in [0.5, 0.6) is 5.75 Å². The molecule has 0 bridgehead atoms. The molecule has 0 spiro atoms. The first-order valence-corrected chi connectivity index (χ1v) is 10.9. The van der Waals surface area contributed by atoms with Crippen LogP contribution in [0.15, 0.2) is 42.5 Å². The van der Waals surface area contributed by atoms with Gasteiger partial charge in [0.05, 0.1) is 15.7 Å². The highest BCUT2D eigenvalue weighted by molar-refractivity contribution is 6.32. The van der Waals surface area contributed by atoms with Crippen LogP contribution in [0.4, 0.5) is 13.2 Å². The highest BCUT2D eigenvalue weighted by atomic mass is 35.5. The van der Waals surface area contributed by atoms with Gasteiger partial charge in [-0.1, -0.05) is 41.4 Å². The summed E-state index contributed by atoms with van der Waals surface area (Å²) in [5.74, 6) is 0.310. The number of alkyl halides is 3. The third kappa shape index (κ3) is 6.42. The number of nitrogens with one attached hydrogen (secondary N) is 1. The molecule has 0 fully saturated rings. The molecule has 1 N–H and O–H groups in total. The lowest BCUT2D eigenvalue weighted by Crippen LogP contribution is -2.25. The molecule has 10 heteroatoms. The number of ether oxygens (including phenoxy) is 1. The zero-order valence-electron chi connectivity index (χ0n) is 18.0. The Balaban J connectivity index is 1.48. The Morgan fingerprint density at radius 1 is 1.12 bits per heavy atom. The van der Waals surface area contributed by atoms with E-state index in [1.165, 1.54) is 11.6 Å². The minimum Gasteiger partial charge on any atom is -0.487 e. The molecular formula is C23H22Cl2F3N3O2. The molecule has 176 valence electrons. The molecular weight excluding hydrogens is 478 g/mol. The zero-order chi connectivity index (χ0) is 24.2. The van der Waals surface area contributed by atoms with Crippen molar-refractivity contribution in [1.29, 1.82) is 0 Å². The Kier molecular flexibility index (Phi) is 7.92. The van der Waals surface area contributed by atoms with Gasteiger partial charge in [-0.2, -0.15) is 18.3 Å². The van der Waals surface area contributed by atoms with E-state index >= 15 is 0 Å². The lowest BCUT2D eigenvalue weighted by molar-refractivity contribution is -0.141. The summed E-state index contributed by atoms with van der Waals surface area (Å²) < 4.78 is 45.6. The molecule has 3 aromatic rings. The summed E-state index contributed by atoms with van der Waals surface area (Å²) in [4.78, 5) is 12.3. The molecule has 0 saturated heterocycles. The van der Waals surface area contributed by atoms with E-state index in [9.17, 15) is 18.0 Å². The summed E-state index contributed by atoms with van der Waals surface area (Å²) in [5.41, 5.74) is 1.51. The van der Waals surface area contributed by atoms with Gasteiger partial charge in [-0.25, -0.2) is 0 Å². The van der Waals surface area contributed by atoms with Crippen molar-refractivity contribution in [3.63, 3.8) is 0 Å². The Morgan fingerprint density at radius 3 is 2.45 bits per heavy atom. The predicted octanol–water partition coefficient (Wildman–Crippen LogP) is 6.22. The first-order valence-electron chi connectivity index (χ1n) is 10.1. The predicted molar refractivity (Wildman–Crippen MR) is 121 cm³/mol. The van der Waals surface area contributed by atoms with Gasteiger partial charge in [0.2, 0.25) is 0 Å². The molecule has 1 amide bonds. The average molecular weight is 500 g/mol. The van der Waals surface area contributed by atoms with E-state index in [1.54, 1.807) is 30.3 Å². The number of aromatic nitrogens is 2. The van der Waals surface area contributed by atoms with Crippen LogP contribution < -0.4 is 10.1 Å². The number of hydrogen-bond donors (Lipinski definition) is 1. The summed E-state index contributed by atoms with van der Waals surface area (Å²) in [7, 11) is 0. The van der Waals surface area contributed by atoms with E-state index in [2.05, 4.69) is 10.4 Å². The van der Waals surface area contributed by atoms with Crippen LogP contribution in [0.2, 0.25) is 10.0 Å². The Bertz CT molecular complexity index is 1130. The van der Waals surface area contributed by atoms with Gasteiger partial charge in [-0.05, 0) is 55.7 Å². The van der Waals surface area contributed by atoms with Crippen LogP contribution in [-0.4, -0.2) is 22.2 Å². The van der Waals surface area contributed by atoms with Crippen molar-refractivity contribution in [2.75, 3.05) is 6.54 Å². The number of hydrogen-bond acceptors (Lipinski definition) is 3. The maximum absolute atomic E-state index is 12.9. The summed E-state index contributed by atoms with van der Waals surface area (Å²) in [6.07, 6.45) is -4.21.